The van der Waals surface area contributed by atoms with Crippen LogP contribution in [0.15, 0.2) is 31.0 Å². The number of amides is 2. The van der Waals surface area contributed by atoms with Crippen LogP contribution in [0.1, 0.15) is 43.0 Å². The van der Waals surface area contributed by atoms with Crippen molar-refractivity contribution in [1.82, 2.24) is 29.7 Å². The van der Waals surface area contributed by atoms with Gasteiger partial charge in [0.15, 0.2) is 6.10 Å². The maximum Gasteiger partial charge on any atom is 0.274 e. The van der Waals surface area contributed by atoms with Crippen molar-refractivity contribution in [3.63, 3.8) is 0 Å². The molecule has 1 atom stereocenters. The highest BCUT2D eigenvalue weighted by atomic mass is 16.5. The van der Waals surface area contributed by atoms with E-state index in [0.717, 1.165) is 5.82 Å². The molecule has 1 N–H and O–H groups in total. The summed E-state index contributed by atoms with van der Waals surface area (Å²) in [6, 6.07) is 0.0442. The number of ether oxygens (including phenoxy) is 1. The number of nitrogens with one attached hydrogen (secondary N) is 1. The van der Waals surface area contributed by atoms with E-state index in [0.29, 0.717) is 38.2 Å². The molecule has 4 heterocycles. The molecule has 2 amide bonds. The van der Waals surface area contributed by atoms with Gasteiger partial charge >= 0.3 is 0 Å². The summed E-state index contributed by atoms with van der Waals surface area (Å²) < 4.78 is 8.33. The Morgan fingerprint density at radius 2 is 2.00 bits per heavy atom. The fraction of sp³-hybridized carbons (Fsp3) is 0.526. The zero-order valence-electron chi connectivity index (χ0n) is 16.0. The van der Waals surface area contributed by atoms with Crippen LogP contribution < -0.4 is 5.32 Å². The number of piperidine rings is 1. The van der Waals surface area contributed by atoms with Crippen molar-refractivity contribution < 1.29 is 14.3 Å². The lowest BCUT2D eigenvalue weighted by Crippen LogP contribution is -2.55. The van der Waals surface area contributed by atoms with E-state index in [-0.39, 0.29) is 17.9 Å². The van der Waals surface area contributed by atoms with Crippen molar-refractivity contribution >= 4 is 11.8 Å². The zero-order chi connectivity index (χ0) is 19.7. The molecule has 28 heavy (non-hydrogen) atoms. The molecule has 1 unspecified atom stereocenters. The molecule has 1 saturated heterocycles. The average Bonchev–Trinajstić information content (AvgIpc) is 3.18. The van der Waals surface area contributed by atoms with Crippen LogP contribution in [0.4, 0.5) is 0 Å². The predicted molar refractivity (Wildman–Crippen MR) is 99.2 cm³/mol. The Balaban J connectivity index is 1.52. The smallest absolute Gasteiger partial charge is 0.274 e. The van der Waals surface area contributed by atoms with E-state index in [1.165, 1.54) is 12.4 Å². The van der Waals surface area contributed by atoms with Gasteiger partial charge in [-0.1, -0.05) is 0 Å². The normalized spacial score (nSPS) is 20.8. The molecule has 1 spiro atoms. The number of rotatable bonds is 3. The van der Waals surface area contributed by atoms with Gasteiger partial charge in [-0.25, -0.2) is 9.97 Å². The van der Waals surface area contributed by atoms with E-state index in [1.807, 2.05) is 24.6 Å². The monoisotopic (exact) mass is 384 g/mol. The van der Waals surface area contributed by atoms with Gasteiger partial charge in [0.1, 0.15) is 17.1 Å². The summed E-state index contributed by atoms with van der Waals surface area (Å²) in [6.07, 6.45) is 8.71. The first kappa shape index (κ1) is 18.5. The molecule has 148 valence electrons. The molecule has 2 aromatic rings. The van der Waals surface area contributed by atoms with Crippen molar-refractivity contribution in [3.05, 3.63) is 42.5 Å². The number of aromatic nitrogens is 4. The fourth-order valence-corrected chi connectivity index (χ4v) is 3.89. The number of fused-ring (bicyclic) bond motifs is 2. The SMILES string of the molecule is CC(C)NC(=O)C1Cn2ccnc2C2(CCN(C(=O)c3cnccn3)CC2)O1. The highest BCUT2D eigenvalue weighted by Gasteiger charge is 2.47. The Morgan fingerprint density at radius 3 is 2.68 bits per heavy atom. The van der Waals surface area contributed by atoms with Crippen LogP contribution in [0, 0.1) is 0 Å². The number of hydrogen-bond donors (Lipinski definition) is 1. The lowest BCUT2D eigenvalue weighted by molar-refractivity contribution is -0.172. The third-order valence-electron chi connectivity index (χ3n) is 5.22. The second-order valence-corrected chi connectivity index (χ2v) is 7.55. The van der Waals surface area contributed by atoms with Gasteiger partial charge in [-0.3, -0.25) is 14.6 Å². The molecule has 0 bridgehead atoms. The maximum atomic E-state index is 12.7. The third-order valence-corrected chi connectivity index (χ3v) is 5.22. The van der Waals surface area contributed by atoms with Gasteiger partial charge in [0, 0.05) is 56.8 Å². The topological polar surface area (TPSA) is 102 Å². The molecule has 9 heteroatoms. The van der Waals surface area contributed by atoms with Crippen molar-refractivity contribution in [2.75, 3.05) is 13.1 Å². The zero-order valence-corrected chi connectivity index (χ0v) is 16.0. The largest absolute Gasteiger partial charge is 0.352 e. The summed E-state index contributed by atoms with van der Waals surface area (Å²) >= 11 is 0. The van der Waals surface area contributed by atoms with Crippen LogP contribution in [0.25, 0.3) is 0 Å². The van der Waals surface area contributed by atoms with Crippen LogP contribution in [0.2, 0.25) is 0 Å². The highest BCUT2D eigenvalue weighted by molar-refractivity contribution is 5.92. The lowest BCUT2D eigenvalue weighted by Gasteiger charge is -2.45. The first-order valence-electron chi connectivity index (χ1n) is 9.53. The molecule has 0 aromatic carbocycles. The van der Waals surface area contributed by atoms with E-state index < -0.39 is 11.7 Å². The molecule has 2 aliphatic rings. The van der Waals surface area contributed by atoms with E-state index in [2.05, 4.69) is 20.3 Å². The molecule has 1 fully saturated rings. The first-order valence-corrected chi connectivity index (χ1v) is 9.53. The van der Waals surface area contributed by atoms with Gasteiger partial charge in [-0.05, 0) is 13.8 Å². The van der Waals surface area contributed by atoms with E-state index >= 15 is 0 Å². The van der Waals surface area contributed by atoms with Crippen LogP contribution in [0.5, 0.6) is 0 Å². The predicted octanol–water partition coefficient (Wildman–Crippen LogP) is 0.728. The van der Waals surface area contributed by atoms with Crippen LogP contribution in [-0.4, -0.2) is 61.5 Å². The molecular weight excluding hydrogens is 360 g/mol. The third kappa shape index (κ3) is 3.37. The minimum atomic E-state index is -0.667. The van der Waals surface area contributed by atoms with Crippen LogP contribution in [0.3, 0.4) is 0 Å². The minimum absolute atomic E-state index is 0.0442. The molecule has 2 aromatic heterocycles. The summed E-state index contributed by atoms with van der Waals surface area (Å²) in [5.41, 5.74) is -0.335. The first-order chi connectivity index (χ1) is 13.5. The van der Waals surface area contributed by atoms with Crippen molar-refractivity contribution in [1.29, 1.82) is 0 Å². The van der Waals surface area contributed by atoms with Gasteiger partial charge in [0.05, 0.1) is 12.7 Å². The van der Waals surface area contributed by atoms with Gasteiger partial charge in [0.25, 0.3) is 11.8 Å². The molecular formula is C19H24N6O3. The van der Waals surface area contributed by atoms with Gasteiger partial charge in [-0.2, -0.15) is 0 Å². The number of imidazole rings is 1. The Hall–Kier alpha value is -2.81. The quantitative estimate of drug-likeness (QED) is 0.837. The minimum Gasteiger partial charge on any atom is -0.352 e. The fourth-order valence-electron chi connectivity index (χ4n) is 3.89. The molecule has 0 saturated carbocycles. The Morgan fingerprint density at radius 1 is 1.21 bits per heavy atom. The number of likely N-dealkylation sites (tertiary alicyclic amines) is 1. The number of hydrogen-bond acceptors (Lipinski definition) is 6. The van der Waals surface area contributed by atoms with E-state index in [4.69, 9.17) is 4.74 Å². The summed E-state index contributed by atoms with van der Waals surface area (Å²) in [5.74, 6) is 0.565. The highest BCUT2D eigenvalue weighted by Crippen LogP contribution is 2.40. The average molecular weight is 384 g/mol. The van der Waals surface area contributed by atoms with Crippen molar-refractivity contribution in [2.45, 2.75) is 51.0 Å². The standard InChI is InChI=1S/C19H24N6O3/c1-13(2)23-16(26)15-12-25-10-7-22-18(25)19(28-15)3-8-24(9-4-19)17(27)14-11-20-5-6-21-14/h5-7,10-11,13,15H,3-4,8-9,12H2,1-2H3,(H,23,26). The Kier molecular flexibility index (Phi) is 4.84. The summed E-state index contributed by atoms with van der Waals surface area (Å²) in [7, 11) is 0. The van der Waals surface area contributed by atoms with Crippen molar-refractivity contribution in [2.24, 2.45) is 0 Å². The summed E-state index contributed by atoms with van der Waals surface area (Å²) in [5, 5.41) is 2.93. The van der Waals surface area contributed by atoms with Crippen molar-refractivity contribution in [3.8, 4) is 0 Å². The second-order valence-electron chi connectivity index (χ2n) is 7.55. The number of carbonyl (C=O) groups is 2. The Labute approximate surface area is 163 Å². The molecule has 4 rings (SSSR count). The van der Waals surface area contributed by atoms with Crippen LogP contribution in [-0.2, 0) is 21.7 Å². The summed E-state index contributed by atoms with van der Waals surface area (Å²) in [6.45, 7) is 5.30. The molecule has 0 aliphatic carbocycles. The maximum absolute atomic E-state index is 12.7. The lowest BCUT2D eigenvalue weighted by atomic mass is 9.88. The van der Waals surface area contributed by atoms with Gasteiger partial charge < -0.3 is 19.5 Å². The molecule has 0 radical (unpaired) electrons. The van der Waals surface area contributed by atoms with Gasteiger partial charge in [-0.15, -0.1) is 0 Å². The van der Waals surface area contributed by atoms with Gasteiger partial charge in [0.2, 0.25) is 0 Å². The number of carbonyl (C=O) groups excluding carboxylic acids is 2. The molecule has 2 aliphatic heterocycles. The van der Waals surface area contributed by atoms with E-state index in [9.17, 15) is 9.59 Å². The Bertz CT molecular complexity index is 858. The van der Waals surface area contributed by atoms with E-state index in [1.54, 1.807) is 17.3 Å². The van der Waals surface area contributed by atoms with Crippen LogP contribution >= 0.6 is 0 Å². The second kappa shape index (κ2) is 7.31. The number of nitrogens with zero attached hydrogens (tertiary/aromatic N) is 5. The molecule has 9 nitrogen and oxygen atoms in total. The summed E-state index contributed by atoms with van der Waals surface area (Å²) in [4.78, 5) is 39.5.